The number of carboxylic acids is 1. The Balaban J connectivity index is 2.00. The first-order valence-electron chi connectivity index (χ1n) is 7.05. The largest absolute Gasteiger partial charge is 0.481 e. The molecule has 102 valence electrons. The molecule has 0 bridgehead atoms. The second-order valence-corrected chi connectivity index (χ2v) is 6.06. The zero-order valence-electron chi connectivity index (χ0n) is 11.2. The molecule has 1 aliphatic heterocycles. The summed E-state index contributed by atoms with van der Waals surface area (Å²) in [4.78, 5) is 25.6. The average Bonchev–Trinajstić information content (AvgIpc) is 2.77. The van der Waals surface area contributed by atoms with Crippen molar-refractivity contribution in [2.24, 2.45) is 11.3 Å². The van der Waals surface area contributed by atoms with Crippen LogP contribution >= 0.6 is 0 Å². The lowest BCUT2D eigenvalue weighted by Gasteiger charge is -2.33. The van der Waals surface area contributed by atoms with Gasteiger partial charge in [-0.25, -0.2) is 0 Å². The molecule has 2 rings (SSSR count). The molecule has 1 aliphatic carbocycles. The quantitative estimate of drug-likeness (QED) is 0.839. The number of carbonyl (C=O) groups is 2. The van der Waals surface area contributed by atoms with E-state index in [-0.39, 0.29) is 12.3 Å². The maximum absolute atomic E-state index is 12.2. The summed E-state index contributed by atoms with van der Waals surface area (Å²) in [5.74, 6) is -0.174. The Hall–Kier alpha value is -1.06. The van der Waals surface area contributed by atoms with Gasteiger partial charge >= 0.3 is 5.97 Å². The van der Waals surface area contributed by atoms with E-state index in [0.717, 1.165) is 38.8 Å². The molecule has 1 unspecified atom stereocenters. The summed E-state index contributed by atoms with van der Waals surface area (Å²) in [5, 5.41) is 9.46. The van der Waals surface area contributed by atoms with Gasteiger partial charge in [0.1, 0.15) is 0 Å². The van der Waals surface area contributed by atoms with Crippen molar-refractivity contribution in [2.75, 3.05) is 13.1 Å². The van der Waals surface area contributed by atoms with Crippen molar-refractivity contribution in [3.05, 3.63) is 0 Å². The fourth-order valence-corrected chi connectivity index (χ4v) is 3.26. The monoisotopic (exact) mass is 253 g/mol. The lowest BCUT2D eigenvalue weighted by molar-refractivity contribution is -0.155. The third-order valence-electron chi connectivity index (χ3n) is 4.53. The van der Waals surface area contributed by atoms with Gasteiger partial charge in [-0.3, -0.25) is 9.59 Å². The molecule has 1 saturated heterocycles. The molecular formula is C14H23NO3. The van der Waals surface area contributed by atoms with E-state index < -0.39 is 11.4 Å². The number of likely N-dealkylation sites (tertiary alicyclic amines) is 1. The highest BCUT2D eigenvalue weighted by Gasteiger charge is 2.42. The first kappa shape index (κ1) is 13.4. The fraction of sp³-hybridized carbons (Fsp3) is 0.857. The molecule has 0 aromatic rings. The number of hydrogen-bond acceptors (Lipinski definition) is 2. The highest BCUT2D eigenvalue weighted by Crippen LogP contribution is 2.40. The van der Waals surface area contributed by atoms with Crippen LogP contribution in [0.1, 0.15) is 51.9 Å². The van der Waals surface area contributed by atoms with E-state index in [4.69, 9.17) is 0 Å². The molecule has 2 aliphatic rings. The van der Waals surface area contributed by atoms with Crippen LogP contribution in [0.3, 0.4) is 0 Å². The maximum atomic E-state index is 12.2. The van der Waals surface area contributed by atoms with Gasteiger partial charge < -0.3 is 10.0 Å². The molecule has 1 heterocycles. The van der Waals surface area contributed by atoms with Crippen molar-refractivity contribution in [1.82, 2.24) is 4.90 Å². The Bertz CT molecular complexity index is 334. The summed E-state index contributed by atoms with van der Waals surface area (Å²) < 4.78 is 0. The van der Waals surface area contributed by atoms with Crippen LogP contribution in [-0.2, 0) is 9.59 Å². The van der Waals surface area contributed by atoms with Crippen LogP contribution in [0.15, 0.2) is 0 Å². The zero-order valence-corrected chi connectivity index (χ0v) is 11.2. The van der Waals surface area contributed by atoms with E-state index in [1.165, 1.54) is 0 Å². The van der Waals surface area contributed by atoms with Crippen LogP contribution in [0.5, 0.6) is 0 Å². The van der Waals surface area contributed by atoms with Crippen LogP contribution in [-0.4, -0.2) is 35.0 Å². The Morgan fingerprint density at radius 1 is 1.28 bits per heavy atom. The van der Waals surface area contributed by atoms with Crippen molar-refractivity contribution < 1.29 is 14.7 Å². The van der Waals surface area contributed by atoms with Gasteiger partial charge in [-0.05, 0) is 25.2 Å². The molecule has 18 heavy (non-hydrogen) atoms. The normalized spacial score (nSPS) is 27.2. The first-order chi connectivity index (χ1) is 8.53. The summed E-state index contributed by atoms with van der Waals surface area (Å²) in [7, 11) is 0. The predicted molar refractivity (Wildman–Crippen MR) is 68.1 cm³/mol. The number of nitrogens with zero attached hydrogens (tertiary/aromatic N) is 1. The number of amides is 1. The number of aliphatic carboxylic acids is 1. The van der Waals surface area contributed by atoms with E-state index in [1.807, 2.05) is 4.90 Å². The molecule has 4 nitrogen and oxygen atoms in total. The maximum Gasteiger partial charge on any atom is 0.310 e. The second kappa shape index (κ2) is 5.29. The molecular weight excluding hydrogens is 230 g/mol. The minimum atomic E-state index is -0.777. The topological polar surface area (TPSA) is 57.6 Å². The smallest absolute Gasteiger partial charge is 0.310 e. The van der Waals surface area contributed by atoms with Crippen molar-refractivity contribution >= 4 is 11.9 Å². The Kier molecular flexibility index (Phi) is 3.93. The third-order valence-corrected chi connectivity index (χ3v) is 4.53. The number of hydrogen-bond donors (Lipinski definition) is 1. The average molecular weight is 253 g/mol. The SMILES string of the molecule is CC1CCN(C(=O)CC2(C(=O)O)CCCCC2)C1. The lowest BCUT2D eigenvalue weighted by Crippen LogP contribution is -2.40. The second-order valence-electron chi connectivity index (χ2n) is 6.06. The molecule has 0 aromatic carbocycles. The molecule has 0 radical (unpaired) electrons. The summed E-state index contributed by atoms with van der Waals surface area (Å²) in [5.41, 5.74) is -0.777. The number of carboxylic acid groups (broad SMARTS) is 1. The van der Waals surface area contributed by atoms with Crippen LogP contribution < -0.4 is 0 Å². The minimum absolute atomic E-state index is 0.0450. The fourth-order valence-electron chi connectivity index (χ4n) is 3.26. The van der Waals surface area contributed by atoms with E-state index in [9.17, 15) is 14.7 Å². The van der Waals surface area contributed by atoms with Gasteiger partial charge in [-0.1, -0.05) is 26.2 Å². The Morgan fingerprint density at radius 2 is 1.94 bits per heavy atom. The van der Waals surface area contributed by atoms with Gasteiger partial charge in [0, 0.05) is 19.5 Å². The van der Waals surface area contributed by atoms with E-state index in [0.29, 0.717) is 18.8 Å². The molecule has 1 amide bonds. The van der Waals surface area contributed by atoms with Crippen molar-refractivity contribution in [3.8, 4) is 0 Å². The lowest BCUT2D eigenvalue weighted by atomic mass is 9.71. The van der Waals surface area contributed by atoms with Gasteiger partial charge in [0.15, 0.2) is 0 Å². The van der Waals surface area contributed by atoms with Crippen LogP contribution in [0.4, 0.5) is 0 Å². The van der Waals surface area contributed by atoms with Crippen LogP contribution in [0.2, 0.25) is 0 Å². The number of rotatable bonds is 3. The van der Waals surface area contributed by atoms with Crippen molar-refractivity contribution in [3.63, 3.8) is 0 Å². The van der Waals surface area contributed by atoms with Gasteiger partial charge in [-0.2, -0.15) is 0 Å². The zero-order chi connectivity index (χ0) is 13.2. The predicted octanol–water partition coefficient (Wildman–Crippen LogP) is 2.28. The molecule has 1 atom stereocenters. The highest BCUT2D eigenvalue weighted by atomic mass is 16.4. The molecule has 1 N–H and O–H groups in total. The highest BCUT2D eigenvalue weighted by molar-refractivity contribution is 5.85. The first-order valence-corrected chi connectivity index (χ1v) is 7.05. The molecule has 4 heteroatoms. The summed E-state index contributed by atoms with van der Waals surface area (Å²) in [6.45, 7) is 3.74. The minimum Gasteiger partial charge on any atom is -0.481 e. The Morgan fingerprint density at radius 3 is 2.44 bits per heavy atom. The van der Waals surface area contributed by atoms with E-state index >= 15 is 0 Å². The molecule has 2 fully saturated rings. The van der Waals surface area contributed by atoms with Crippen LogP contribution in [0, 0.1) is 11.3 Å². The van der Waals surface area contributed by atoms with E-state index in [2.05, 4.69) is 6.92 Å². The van der Waals surface area contributed by atoms with Crippen molar-refractivity contribution in [1.29, 1.82) is 0 Å². The molecule has 1 saturated carbocycles. The Labute approximate surface area is 108 Å². The van der Waals surface area contributed by atoms with E-state index in [1.54, 1.807) is 0 Å². The van der Waals surface area contributed by atoms with Crippen LogP contribution in [0.25, 0.3) is 0 Å². The van der Waals surface area contributed by atoms with Gasteiger partial charge in [0.25, 0.3) is 0 Å². The third kappa shape index (κ3) is 2.68. The van der Waals surface area contributed by atoms with Gasteiger partial charge in [0.05, 0.1) is 5.41 Å². The molecule has 0 spiro atoms. The van der Waals surface area contributed by atoms with Gasteiger partial charge in [0.2, 0.25) is 5.91 Å². The summed E-state index contributed by atoms with van der Waals surface area (Å²) in [6.07, 6.45) is 5.56. The van der Waals surface area contributed by atoms with Crippen molar-refractivity contribution in [2.45, 2.75) is 51.9 Å². The summed E-state index contributed by atoms with van der Waals surface area (Å²) >= 11 is 0. The van der Waals surface area contributed by atoms with Gasteiger partial charge in [-0.15, -0.1) is 0 Å². The summed E-state index contributed by atoms with van der Waals surface area (Å²) in [6, 6.07) is 0. The molecule has 0 aromatic heterocycles. The standard InChI is InChI=1S/C14H23NO3/c1-11-5-8-15(10-11)12(16)9-14(13(17)18)6-3-2-4-7-14/h11H,2-10H2,1H3,(H,17,18). The number of carbonyl (C=O) groups excluding carboxylic acids is 1.